The van der Waals surface area contributed by atoms with Crippen molar-refractivity contribution >= 4 is 17.3 Å². The second-order valence-corrected chi connectivity index (χ2v) is 5.39. The molecule has 0 aliphatic carbocycles. The van der Waals surface area contributed by atoms with E-state index >= 15 is 0 Å². The number of hydrogen-bond acceptors (Lipinski definition) is 3. The molecule has 1 aromatic carbocycles. The Balaban J connectivity index is 2.95. The van der Waals surface area contributed by atoms with Crippen LogP contribution in [-0.4, -0.2) is 30.8 Å². The van der Waals surface area contributed by atoms with Gasteiger partial charge in [-0.1, -0.05) is 25.4 Å². The maximum atomic E-state index is 9.25. The molecule has 0 bridgehead atoms. The van der Waals surface area contributed by atoms with Crippen LogP contribution < -0.4 is 10.2 Å². The molecule has 4 heteroatoms. The minimum atomic E-state index is 0.0870. The van der Waals surface area contributed by atoms with E-state index in [0.29, 0.717) is 6.04 Å². The lowest BCUT2D eigenvalue weighted by molar-refractivity contribution is 0.270. The van der Waals surface area contributed by atoms with Crippen LogP contribution in [0.4, 0.5) is 5.69 Å². The third kappa shape index (κ3) is 4.16. The monoisotopic (exact) mass is 270 g/mol. The maximum Gasteiger partial charge on any atom is 0.0632 e. The van der Waals surface area contributed by atoms with Crippen LogP contribution in [-0.2, 0) is 6.54 Å². The SMILES string of the molecule is CC(C)NCc1cc(Cl)ccc1N(C)C(C)CO. The fourth-order valence-electron chi connectivity index (χ4n) is 1.71. The number of rotatable bonds is 6. The van der Waals surface area contributed by atoms with Crippen molar-refractivity contribution < 1.29 is 5.11 Å². The van der Waals surface area contributed by atoms with Crippen molar-refractivity contribution in [3.05, 3.63) is 28.8 Å². The molecule has 0 aliphatic rings. The molecule has 1 rings (SSSR count). The molecule has 0 fully saturated rings. The molecule has 1 atom stereocenters. The summed E-state index contributed by atoms with van der Waals surface area (Å²) in [6, 6.07) is 6.39. The zero-order valence-corrected chi connectivity index (χ0v) is 12.3. The van der Waals surface area contributed by atoms with E-state index in [1.165, 1.54) is 0 Å². The summed E-state index contributed by atoms with van der Waals surface area (Å²) in [5.41, 5.74) is 2.26. The summed E-state index contributed by atoms with van der Waals surface area (Å²) >= 11 is 6.05. The summed E-state index contributed by atoms with van der Waals surface area (Å²) in [5, 5.41) is 13.4. The Morgan fingerprint density at radius 2 is 2.00 bits per heavy atom. The summed E-state index contributed by atoms with van der Waals surface area (Å²) < 4.78 is 0. The van der Waals surface area contributed by atoms with E-state index < -0.39 is 0 Å². The van der Waals surface area contributed by atoms with E-state index in [1.54, 1.807) is 0 Å². The highest BCUT2D eigenvalue weighted by Gasteiger charge is 2.13. The molecular weight excluding hydrogens is 248 g/mol. The number of likely N-dealkylation sites (N-methyl/N-ethyl adjacent to an activating group) is 1. The first-order valence-corrected chi connectivity index (χ1v) is 6.69. The third-order valence-corrected chi connectivity index (χ3v) is 3.28. The number of benzene rings is 1. The molecule has 0 saturated carbocycles. The Labute approximate surface area is 115 Å². The fraction of sp³-hybridized carbons (Fsp3) is 0.571. The van der Waals surface area contributed by atoms with Crippen LogP contribution in [0.2, 0.25) is 5.02 Å². The zero-order chi connectivity index (χ0) is 13.7. The summed E-state index contributed by atoms with van der Waals surface area (Å²) in [6.07, 6.45) is 0. The first-order valence-electron chi connectivity index (χ1n) is 6.31. The van der Waals surface area contributed by atoms with Crippen LogP contribution in [0.15, 0.2) is 18.2 Å². The molecule has 0 aromatic heterocycles. The molecule has 1 unspecified atom stereocenters. The van der Waals surface area contributed by atoms with E-state index in [1.807, 2.05) is 32.2 Å². The number of anilines is 1. The van der Waals surface area contributed by atoms with Gasteiger partial charge in [0.25, 0.3) is 0 Å². The molecule has 102 valence electrons. The number of aliphatic hydroxyl groups is 1. The lowest BCUT2D eigenvalue weighted by Gasteiger charge is -2.28. The second kappa shape index (κ2) is 6.98. The Bertz CT molecular complexity index is 382. The Morgan fingerprint density at radius 3 is 2.56 bits per heavy atom. The van der Waals surface area contributed by atoms with Crippen LogP contribution in [0.5, 0.6) is 0 Å². The molecule has 0 radical (unpaired) electrons. The van der Waals surface area contributed by atoms with E-state index in [-0.39, 0.29) is 12.6 Å². The van der Waals surface area contributed by atoms with E-state index in [2.05, 4.69) is 24.1 Å². The van der Waals surface area contributed by atoms with Gasteiger partial charge in [0.1, 0.15) is 0 Å². The van der Waals surface area contributed by atoms with Gasteiger partial charge < -0.3 is 15.3 Å². The predicted octanol–water partition coefficient (Wildman–Crippen LogP) is 2.66. The highest BCUT2D eigenvalue weighted by molar-refractivity contribution is 6.30. The highest BCUT2D eigenvalue weighted by Crippen LogP contribution is 2.25. The van der Waals surface area contributed by atoms with Crippen molar-refractivity contribution in [3.8, 4) is 0 Å². The van der Waals surface area contributed by atoms with Gasteiger partial charge in [0.2, 0.25) is 0 Å². The van der Waals surface area contributed by atoms with Gasteiger partial charge in [-0.3, -0.25) is 0 Å². The fourth-order valence-corrected chi connectivity index (χ4v) is 1.91. The maximum absolute atomic E-state index is 9.25. The topological polar surface area (TPSA) is 35.5 Å². The summed E-state index contributed by atoms with van der Waals surface area (Å²) in [5.74, 6) is 0. The third-order valence-electron chi connectivity index (χ3n) is 3.05. The molecular formula is C14H23ClN2O. The molecule has 18 heavy (non-hydrogen) atoms. The predicted molar refractivity (Wildman–Crippen MR) is 78.4 cm³/mol. The first-order chi connectivity index (χ1) is 8.45. The number of hydrogen-bond donors (Lipinski definition) is 2. The largest absolute Gasteiger partial charge is 0.394 e. The van der Waals surface area contributed by atoms with Crippen LogP contribution in [0.25, 0.3) is 0 Å². The van der Waals surface area contributed by atoms with E-state index in [4.69, 9.17) is 11.6 Å². The summed E-state index contributed by atoms with van der Waals surface area (Å²) in [7, 11) is 1.99. The Morgan fingerprint density at radius 1 is 1.33 bits per heavy atom. The van der Waals surface area contributed by atoms with Crippen LogP contribution in [0.3, 0.4) is 0 Å². The smallest absolute Gasteiger partial charge is 0.0632 e. The van der Waals surface area contributed by atoms with Crippen molar-refractivity contribution in [1.29, 1.82) is 0 Å². The van der Waals surface area contributed by atoms with Crippen molar-refractivity contribution in [2.75, 3.05) is 18.6 Å². The van der Waals surface area contributed by atoms with Gasteiger partial charge in [-0.05, 0) is 30.7 Å². The van der Waals surface area contributed by atoms with Crippen molar-refractivity contribution in [2.45, 2.75) is 39.4 Å². The van der Waals surface area contributed by atoms with Gasteiger partial charge in [-0.25, -0.2) is 0 Å². The second-order valence-electron chi connectivity index (χ2n) is 4.95. The molecule has 0 amide bonds. The molecule has 1 aromatic rings. The minimum Gasteiger partial charge on any atom is -0.394 e. The zero-order valence-electron chi connectivity index (χ0n) is 11.6. The Hall–Kier alpha value is -0.770. The van der Waals surface area contributed by atoms with Crippen molar-refractivity contribution in [3.63, 3.8) is 0 Å². The van der Waals surface area contributed by atoms with Crippen molar-refractivity contribution in [2.24, 2.45) is 0 Å². The van der Waals surface area contributed by atoms with Gasteiger partial charge in [-0.15, -0.1) is 0 Å². The number of nitrogens with one attached hydrogen (secondary N) is 1. The van der Waals surface area contributed by atoms with Crippen LogP contribution in [0, 0.1) is 0 Å². The van der Waals surface area contributed by atoms with Gasteiger partial charge in [0, 0.05) is 36.4 Å². The standard InChI is InChI=1S/C14H23ClN2O/c1-10(2)16-8-12-7-13(15)5-6-14(12)17(4)11(3)9-18/h5-7,10-11,16,18H,8-9H2,1-4H3. The number of aliphatic hydroxyl groups excluding tert-OH is 1. The molecule has 2 N–H and O–H groups in total. The summed E-state index contributed by atoms with van der Waals surface area (Å²) in [6.45, 7) is 7.13. The van der Waals surface area contributed by atoms with Gasteiger partial charge >= 0.3 is 0 Å². The molecule has 3 nitrogen and oxygen atoms in total. The average molecular weight is 271 g/mol. The lowest BCUT2D eigenvalue weighted by atomic mass is 10.1. The average Bonchev–Trinajstić information content (AvgIpc) is 2.34. The number of nitrogens with zero attached hydrogens (tertiary/aromatic N) is 1. The van der Waals surface area contributed by atoms with Gasteiger partial charge in [0.05, 0.1) is 6.61 Å². The van der Waals surface area contributed by atoms with Crippen molar-refractivity contribution in [1.82, 2.24) is 5.32 Å². The van der Waals surface area contributed by atoms with Gasteiger partial charge in [0.15, 0.2) is 0 Å². The molecule has 0 spiro atoms. The van der Waals surface area contributed by atoms with Gasteiger partial charge in [-0.2, -0.15) is 0 Å². The van der Waals surface area contributed by atoms with E-state index in [9.17, 15) is 5.11 Å². The molecule has 0 saturated heterocycles. The molecule has 0 heterocycles. The quantitative estimate of drug-likeness (QED) is 0.834. The number of halogens is 1. The molecule has 0 aliphatic heterocycles. The van der Waals surface area contributed by atoms with E-state index in [0.717, 1.165) is 22.8 Å². The minimum absolute atomic E-state index is 0.0870. The lowest BCUT2D eigenvalue weighted by Crippen LogP contribution is -2.33. The van der Waals surface area contributed by atoms with Crippen LogP contribution in [0.1, 0.15) is 26.3 Å². The van der Waals surface area contributed by atoms with Crippen LogP contribution >= 0.6 is 11.6 Å². The Kier molecular flexibility index (Phi) is 5.93. The normalized spacial score (nSPS) is 12.8. The summed E-state index contributed by atoms with van der Waals surface area (Å²) in [4.78, 5) is 2.08. The first kappa shape index (κ1) is 15.3. The highest BCUT2D eigenvalue weighted by atomic mass is 35.5.